The number of guanidine groups is 1. The van der Waals surface area contributed by atoms with Gasteiger partial charge in [0.2, 0.25) is 0 Å². The normalized spacial score (nSPS) is 12.2. The lowest BCUT2D eigenvalue weighted by Gasteiger charge is -2.24. The van der Waals surface area contributed by atoms with Gasteiger partial charge in [-0.15, -0.1) is 0 Å². The van der Waals surface area contributed by atoms with Crippen LogP contribution < -0.4 is 15.4 Å². The maximum absolute atomic E-state index is 6.01. The van der Waals surface area contributed by atoms with Crippen LogP contribution in [0, 0.1) is 0 Å². The molecule has 5 nitrogen and oxygen atoms in total. The number of methoxy groups -OCH3 is 1. The third-order valence-corrected chi connectivity index (χ3v) is 3.47. The second-order valence-corrected chi connectivity index (χ2v) is 5.86. The van der Waals surface area contributed by atoms with Gasteiger partial charge in [-0.3, -0.25) is 4.99 Å². The number of hydrogen-bond acceptors (Lipinski definition) is 3. The topological polar surface area (TPSA) is 54.9 Å². The Balaban J connectivity index is 2.64. The predicted molar refractivity (Wildman–Crippen MR) is 91.9 cm³/mol. The standard InChI is InChI=1S/C16H26ClN3O2/c1-6-22-14-9-13(17)8-7-12(14)10-19-15(18-4)20-11-16(2,3)21-5/h7-9H,6,10-11H2,1-5H3,(H2,18,19,20). The minimum absolute atomic E-state index is 0.256. The summed E-state index contributed by atoms with van der Waals surface area (Å²) in [7, 11) is 3.43. The summed E-state index contributed by atoms with van der Waals surface area (Å²) in [5.74, 6) is 1.50. The van der Waals surface area contributed by atoms with Gasteiger partial charge in [0.1, 0.15) is 5.75 Å². The van der Waals surface area contributed by atoms with E-state index in [9.17, 15) is 0 Å². The molecule has 0 fully saturated rings. The van der Waals surface area contributed by atoms with Crippen LogP contribution in [0.4, 0.5) is 0 Å². The Bertz CT molecular complexity index is 504. The lowest BCUT2D eigenvalue weighted by atomic mass is 10.1. The molecule has 0 aliphatic carbocycles. The summed E-state index contributed by atoms with van der Waals surface area (Å²) in [6.07, 6.45) is 0. The average molecular weight is 328 g/mol. The predicted octanol–water partition coefficient (Wildman–Crippen LogP) is 2.83. The number of rotatable bonds is 7. The molecular formula is C16H26ClN3O2. The Morgan fingerprint density at radius 1 is 1.32 bits per heavy atom. The molecule has 6 heteroatoms. The van der Waals surface area contributed by atoms with Gasteiger partial charge in [-0.05, 0) is 32.9 Å². The fourth-order valence-corrected chi connectivity index (χ4v) is 1.89. The number of halogens is 1. The number of nitrogens with zero attached hydrogens (tertiary/aromatic N) is 1. The van der Waals surface area contributed by atoms with Gasteiger partial charge in [0.05, 0.1) is 12.2 Å². The van der Waals surface area contributed by atoms with Gasteiger partial charge in [0.15, 0.2) is 5.96 Å². The van der Waals surface area contributed by atoms with Crippen LogP contribution in [0.15, 0.2) is 23.2 Å². The van der Waals surface area contributed by atoms with E-state index in [2.05, 4.69) is 15.6 Å². The summed E-state index contributed by atoms with van der Waals surface area (Å²) in [6, 6.07) is 5.63. The molecule has 0 amide bonds. The van der Waals surface area contributed by atoms with Gasteiger partial charge in [-0.2, -0.15) is 0 Å². The maximum Gasteiger partial charge on any atom is 0.191 e. The minimum Gasteiger partial charge on any atom is -0.493 e. The van der Waals surface area contributed by atoms with E-state index in [1.807, 2.05) is 39.0 Å². The summed E-state index contributed by atoms with van der Waals surface area (Å²) >= 11 is 6.01. The molecular weight excluding hydrogens is 302 g/mol. The third kappa shape index (κ3) is 6.12. The molecule has 22 heavy (non-hydrogen) atoms. The highest BCUT2D eigenvalue weighted by Gasteiger charge is 2.16. The largest absolute Gasteiger partial charge is 0.493 e. The van der Waals surface area contributed by atoms with Crippen LogP contribution in [0.25, 0.3) is 0 Å². The zero-order chi connectivity index (χ0) is 16.6. The second-order valence-electron chi connectivity index (χ2n) is 5.43. The zero-order valence-electron chi connectivity index (χ0n) is 14.0. The van der Waals surface area contributed by atoms with Crippen molar-refractivity contribution in [3.8, 4) is 5.75 Å². The number of hydrogen-bond donors (Lipinski definition) is 2. The first-order valence-corrected chi connectivity index (χ1v) is 7.70. The highest BCUT2D eigenvalue weighted by molar-refractivity contribution is 6.30. The van der Waals surface area contributed by atoms with E-state index >= 15 is 0 Å². The van der Waals surface area contributed by atoms with E-state index in [0.717, 1.165) is 11.3 Å². The molecule has 0 saturated carbocycles. The molecule has 0 heterocycles. The van der Waals surface area contributed by atoms with Crippen molar-refractivity contribution in [2.24, 2.45) is 4.99 Å². The summed E-state index contributed by atoms with van der Waals surface area (Å²) in [5.41, 5.74) is 0.772. The van der Waals surface area contributed by atoms with E-state index in [1.54, 1.807) is 14.2 Å². The van der Waals surface area contributed by atoms with E-state index in [4.69, 9.17) is 21.1 Å². The van der Waals surface area contributed by atoms with E-state index < -0.39 is 0 Å². The van der Waals surface area contributed by atoms with Gasteiger partial charge in [-0.25, -0.2) is 0 Å². The Labute approximate surface area is 138 Å². The van der Waals surface area contributed by atoms with Crippen LogP contribution in [-0.4, -0.2) is 38.9 Å². The fourth-order valence-electron chi connectivity index (χ4n) is 1.73. The number of nitrogens with one attached hydrogen (secondary N) is 2. The molecule has 0 aliphatic rings. The van der Waals surface area contributed by atoms with Crippen LogP contribution in [0.2, 0.25) is 5.02 Å². The number of ether oxygens (including phenoxy) is 2. The molecule has 0 bridgehead atoms. The first-order valence-electron chi connectivity index (χ1n) is 7.32. The second kappa shape index (κ2) is 8.86. The molecule has 0 radical (unpaired) electrons. The van der Waals surface area contributed by atoms with Gasteiger partial charge < -0.3 is 20.1 Å². The van der Waals surface area contributed by atoms with Gasteiger partial charge >= 0.3 is 0 Å². The van der Waals surface area contributed by atoms with E-state index in [0.29, 0.717) is 30.7 Å². The molecule has 0 saturated heterocycles. The molecule has 0 unspecified atom stereocenters. The lowest BCUT2D eigenvalue weighted by molar-refractivity contribution is 0.0268. The summed E-state index contributed by atoms with van der Waals surface area (Å²) in [4.78, 5) is 4.21. The zero-order valence-corrected chi connectivity index (χ0v) is 14.8. The first kappa shape index (κ1) is 18.6. The SMILES string of the molecule is CCOc1cc(Cl)ccc1CNC(=NC)NCC(C)(C)OC. The smallest absolute Gasteiger partial charge is 0.191 e. The minimum atomic E-state index is -0.256. The highest BCUT2D eigenvalue weighted by Crippen LogP contribution is 2.23. The van der Waals surface area contributed by atoms with Crippen molar-refractivity contribution in [2.75, 3.05) is 27.3 Å². The van der Waals surface area contributed by atoms with Gasteiger partial charge in [0.25, 0.3) is 0 Å². The van der Waals surface area contributed by atoms with Crippen molar-refractivity contribution in [2.45, 2.75) is 32.9 Å². The van der Waals surface area contributed by atoms with Crippen molar-refractivity contribution >= 4 is 17.6 Å². The summed E-state index contributed by atoms with van der Waals surface area (Å²) in [5, 5.41) is 7.17. The fraction of sp³-hybridized carbons (Fsp3) is 0.562. The summed E-state index contributed by atoms with van der Waals surface area (Å²) < 4.78 is 11.0. The molecule has 124 valence electrons. The molecule has 0 atom stereocenters. The molecule has 1 rings (SSSR count). The molecule has 1 aromatic carbocycles. The summed E-state index contributed by atoms with van der Waals surface area (Å²) in [6.45, 7) is 7.83. The van der Waals surface area contributed by atoms with Crippen LogP contribution in [0.3, 0.4) is 0 Å². The third-order valence-electron chi connectivity index (χ3n) is 3.23. The van der Waals surface area contributed by atoms with Crippen molar-refractivity contribution in [1.82, 2.24) is 10.6 Å². The average Bonchev–Trinajstić information content (AvgIpc) is 2.49. The lowest BCUT2D eigenvalue weighted by Crippen LogP contribution is -2.45. The van der Waals surface area contributed by atoms with Crippen LogP contribution >= 0.6 is 11.6 Å². The van der Waals surface area contributed by atoms with E-state index in [-0.39, 0.29) is 5.60 Å². The molecule has 2 N–H and O–H groups in total. The van der Waals surface area contributed by atoms with Gasteiger partial charge in [0, 0.05) is 37.8 Å². The Morgan fingerprint density at radius 3 is 2.64 bits per heavy atom. The van der Waals surface area contributed by atoms with Crippen LogP contribution in [-0.2, 0) is 11.3 Å². The molecule has 0 spiro atoms. The van der Waals surface area contributed by atoms with Gasteiger partial charge in [-0.1, -0.05) is 17.7 Å². The van der Waals surface area contributed by atoms with Crippen molar-refractivity contribution in [3.05, 3.63) is 28.8 Å². The Morgan fingerprint density at radius 2 is 2.05 bits per heavy atom. The quantitative estimate of drug-likeness (QED) is 0.597. The monoisotopic (exact) mass is 327 g/mol. The maximum atomic E-state index is 6.01. The number of aliphatic imine (C=N–C) groups is 1. The van der Waals surface area contributed by atoms with Crippen LogP contribution in [0.5, 0.6) is 5.75 Å². The Hall–Kier alpha value is -1.46. The van der Waals surface area contributed by atoms with Crippen molar-refractivity contribution in [1.29, 1.82) is 0 Å². The van der Waals surface area contributed by atoms with Crippen molar-refractivity contribution in [3.63, 3.8) is 0 Å². The first-order chi connectivity index (χ1) is 10.4. The van der Waals surface area contributed by atoms with Crippen LogP contribution in [0.1, 0.15) is 26.3 Å². The van der Waals surface area contributed by atoms with E-state index in [1.165, 1.54) is 0 Å². The van der Waals surface area contributed by atoms with Crippen molar-refractivity contribution < 1.29 is 9.47 Å². The molecule has 1 aromatic rings. The highest BCUT2D eigenvalue weighted by atomic mass is 35.5. The molecule has 0 aliphatic heterocycles. The number of benzene rings is 1. The molecule has 0 aromatic heterocycles. The Kier molecular flexibility index (Phi) is 7.48.